The van der Waals surface area contributed by atoms with Gasteiger partial charge >= 0.3 is 0 Å². The van der Waals surface area contributed by atoms with Gasteiger partial charge in [0.1, 0.15) is 12.1 Å². The maximum Gasteiger partial charge on any atom is 0.247 e. The third kappa shape index (κ3) is 13.6. The van der Waals surface area contributed by atoms with Crippen LogP contribution in [0, 0.1) is 17.8 Å². The summed E-state index contributed by atoms with van der Waals surface area (Å²) in [6.45, 7) is 20.3. The molecule has 5 N–H and O–H groups in total. The molecule has 0 saturated carbocycles. The minimum atomic E-state index is -0.906. The number of likely N-dealkylation sites (N-methyl/N-ethyl adjacent to an activating group) is 2. The quantitative estimate of drug-likeness (QED) is 0.0856. The lowest BCUT2D eigenvalue weighted by Gasteiger charge is -2.40. The van der Waals surface area contributed by atoms with E-state index in [1.54, 1.807) is 48.0 Å². The summed E-state index contributed by atoms with van der Waals surface area (Å²) in [6, 6.07) is 13.1. The summed E-state index contributed by atoms with van der Waals surface area (Å²) in [6.07, 6.45) is 0.567. The predicted octanol–water partition coefficient (Wildman–Crippen LogP) is 5.28. The number of nitrogens with two attached hydrogens (primary N) is 1. The Labute approximate surface area is 370 Å². The highest BCUT2D eigenvalue weighted by Crippen LogP contribution is 2.30. The van der Waals surface area contributed by atoms with Crippen molar-refractivity contribution in [2.75, 3.05) is 45.9 Å². The van der Waals surface area contributed by atoms with E-state index in [9.17, 15) is 24.0 Å². The van der Waals surface area contributed by atoms with E-state index in [-0.39, 0.29) is 60.3 Å². The number of nitrogens with zero attached hydrogens (tertiary/aromatic N) is 3. The molecule has 1 aliphatic rings. The van der Waals surface area contributed by atoms with Gasteiger partial charge in [0, 0.05) is 51.6 Å². The molecule has 14 heteroatoms. The number of rotatable bonds is 23. The number of nitrogen functional groups attached to an aromatic ring is 1. The van der Waals surface area contributed by atoms with Gasteiger partial charge in [-0.05, 0) is 81.8 Å². The van der Waals surface area contributed by atoms with Crippen molar-refractivity contribution in [2.24, 2.45) is 17.8 Å². The molecule has 1 heterocycles. The van der Waals surface area contributed by atoms with Crippen LogP contribution in [0.15, 0.2) is 66.7 Å². The van der Waals surface area contributed by atoms with Crippen LogP contribution in [-0.2, 0) is 39.9 Å². The second kappa shape index (κ2) is 24.2. The van der Waals surface area contributed by atoms with Crippen molar-refractivity contribution < 1.29 is 33.4 Å². The van der Waals surface area contributed by atoms with Crippen molar-refractivity contribution in [1.82, 2.24) is 25.3 Å². The molecule has 0 aliphatic carbocycles. The first-order valence-corrected chi connectivity index (χ1v) is 22.1. The van der Waals surface area contributed by atoms with Gasteiger partial charge in [-0.1, -0.05) is 84.0 Å². The van der Waals surface area contributed by atoms with Crippen LogP contribution in [-0.4, -0.2) is 128 Å². The maximum atomic E-state index is 14.4. The Morgan fingerprint density at radius 2 is 1.47 bits per heavy atom. The molecule has 344 valence electrons. The van der Waals surface area contributed by atoms with Crippen molar-refractivity contribution in [3.05, 3.63) is 72.3 Å². The number of ether oxygens (including phenoxy) is 2. The number of carbonyl (C=O) groups is 5. The summed E-state index contributed by atoms with van der Waals surface area (Å²) in [5.74, 6) is -2.47. The van der Waals surface area contributed by atoms with E-state index >= 15 is 0 Å². The SMILES string of the molecule is C=C(CC)[C@@H]([C@@H](CC(=O)N1CCC[C@H]1[C@H](OC)C(C)C(=O)N[C@@H](Cc1ccccc1)C(=O)Nc1ccc(N)cc1)OC)N(C)C(=O)[C@@H](NC(=O)[C@H](C(C)C)N(C)C(C)C)C(C)C. The first kappa shape index (κ1) is 51.6. The van der Waals surface area contributed by atoms with Crippen molar-refractivity contribution >= 4 is 40.9 Å². The lowest BCUT2D eigenvalue weighted by atomic mass is 9.92. The van der Waals surface area contributed by atoms with Crippen LogP contribution in [0.3, 0.4) is 0 Å². The molecule has 62 heavy (non-hydrogen) atoms. The zero-order chi connectivity index (χ0) is 46.4. The Hall–Kier alpha value is -4.79. The van der Waals surface area contributed by atoms with Gasteiger partial charge < -0.3 is 41.0 Å². The van der Waals surface area contributed by atoms with E-state index in [2.05, 4.69) is 22.5 Å². The Balaban J connectivity index is 1.82. The Morgan fingerprint density at radius 3 is 2.00 bits per heavy atom. The Morgan fingerprint density at radius 1 is 0.839 bits per heavy atom. The standard InChI is InChI=1S/C48H75N7O7/c1-14-32(8)43(54(11)48(60)41(29(2)3)52-47(59)42(30(4)5)53(10)31(6)7)39(61-12)28-40(56)55-26-18-21-38(55)44(62-13)33(9)45(57)51-37(27-34-19-16-15-17-20-34)46(58)50-36-24-22-35(49)23-25-36/h15-17,19-20,22-25,29-31,33,37-39,41-44H,8,14,18,21,26-28,49H2,1-7,9-13H3,(H,50,58)(H,51,57)(H,52,59)/t33?,37-,38-,39+,41-,42-,43-,44+/m0/s1. The number of likely N-dealkylation sites (tertiary alicyclic amines) is 1. The second-order valence-corrected chi connectivity index (χ2v) is 17.7. The van der Waals surface area contributed by atoms with Crippen molar-refractivity contribution in [3.63, 3.8) is 0 Å². The van der Waals surface area contributed by atoms with Gasteiger partial charge in [-0.25, -0.2) is 0 Å². The highest BCUT2D eigenvalue weighted by molar-refractivity contribution is 5.98. The fraction of sp³-hybridized carbons (Fsp3) is 0.604. The minimum absolute atomic E-state index is 0.00744. The predicted molar refractivity (Wildman–Crippen MR) is 246 cm³/mol. The Kier molecular flexibility index (Phi) is 20.1. The number of nitrogens with one attached hydrogen (secondary N) is 3. The van der Waals surface area contributed by atoms with Crippen LogP contribution in [0.5, 0.6) is 0 Å². The molecule has 2 aromatic rings. The number of hydrogen-bond acceptors (Lipinski definition) is 9. The summed E-state index contributed by atoms with van der Waals surface area (Å²) < 4.78 is 12.0. The summed E-state index contributed by atoms with van der Waals surface area (Å²) in [5.41, 5.74) is 8.53. The molecule has 1 unspecified atom stereocenters. The summed E-state index contributed by atoms with van der Waals surface area (Å²) >= 11 is 0. The monoisotopic (exact) mass is 862 g/mol. The summed E-state index contributed by atoms with van der Waals surface area (Å²) in [5, 5.41) is 8.93. The lowest BCUT2D eigenvalue weighted by molar-refractivity contribution is -0.145. The zero-order valence-corrected chi connectivity index (χ0v) is 39.3. The van der Waals surface area contributed by atoms with Gasteiger partial charge in [0.05, 0.1) is 42.7 Å². The largest absolute Gasteiger partial charge is 0.399 e. The Bertz CT molecular complexity index is 1790. The average molecular weight is 862 g/mol. The van der Waals surface area contributed by atoms with Gasteiger partial charge in [0.2, 0.25) is 29.5 Å². The minimum Gasteiger partial charge on any atom is -0.399 e. The molecule has 0 aromatic heterocycles. The van der Waals surface area contributed by atoms with Crippen LogP contribution in [0.4, 0.5) is 11.4 Å². The fourth-order valence-electron chi connectivity index (χ4n) is 8.44. The molecule has 5 amide bonds. The zero-order valence-electron chi connectivity index (χ0n) is 39.3. The van der Waals surface area contributed by atoms with Crippen LogP contribution in [0.25, 0.3) is 0 Å². The molecule has 0 spiro atoms. The molecule has 3 rings (SSSR count). The van der Waals surface area contributed by atoms with Crippen LogP contribution in [0.1, 0.15) is 86.6 Å². The van der Waals surface area contributed by atoms with Crippen LogP contribution >= 0.6 is 0 Å². The van der Waals surface area contributed by atoms with Gasteiger partial charge in [-0.2, -0.15) is 0 Å². The number of hydrogen-bond donors (Lipinski definition) is 4. The van der Waals surface area contributed by atoms with E-state index in [4.69, 9.17) is 15.2 Å². The molecule has 1 aliphatic heterocycles. The third-order valence-corrected chi connectivity index (χ3v) is 12.3. The van der Waals surface area contributed by atoms with Crippen LogP contribution < -0.4 is 21.7 Å². The molecule has 0 radical (unpaired) electrons. The molecular weight excluding hydrogens is 787 g/mol. The highest BCUT2D eigenvalue weighted by atomic mass is 16.5. The number of methoxy groups -OCH3 is 2. The average Bonchev–Trinajstić information content (AvgIpc) is 3.72. The number of carbonyl (C=O) groups excluding carboxylic acids is 5. The number of benzene rings is 2. The van der Waals surface area contributed by atoms with Gasteiger partial charge in [-0.15, -0.1) is 0 Å². The van der Waals surface area contributed by atoms with Crippen LogP contribution in [0.2, 0.25) is 0 Å². The van der Waals surface area contributed by atoms with E-state index in [1.165, 1.54) is 14.2 Å². The molecule has 1 saturated heterocycles. The van der Waals surface area contributed by atoms with E-state index in [0.29, 0.717) is 42.8 Å². The topological polar surface area (TPSA) is 176 Å². The van der Waals surface area contributed by atoms with Gasteiger partial charge in [0.15, 0.2) is 0 Å². The number of amides is 5. The molecule has 1 fully saturated rings. The van der Waals surface area contributed by atoms with Crippen molar-refractivity contribution in [2.45, 2.75) is 136 Å². The second-order valence-electron chi connectivity index (χ2n) is 17.7. The molecular formula is C48H75N7O7. The number of anilines is 2. The molecule has 8 atom stereocenters. The first-order chi connectivity index (χ1) is 29.3. The molecule has 0 bridgehead atoms. The fourth-order valence-corrected chi connectivity index (χ4v) is 8.44. The van der Waals surface area contributed by atoms with E-state index in [1.807, 2.05) is 90.7 Å². The molecule has 14 nitrogen and oxygen atoms in total. The summed E-state index contributed by atoms with van der Waals surface area (Å²) in [7, 11) is 6.63. The molecule has 2 aromatic carbocycles. The smallest absolute Gasteiger partial charge is 0.247 e. The lowest BCUT2D eigenvalue weighted by Crippen LogP contribution is -2.59. The van der Waals surface area contributed by atoms with E-state index in [0.717, 1.165) is 5.56 Å². The maximum absolute atomic E-state index is 14.4. The highest BCUT2D eigenvalue weighted by Gasteiger charge is 2.43. The third-order valence-electron chi connectivity index (χ3n) is 12.3. The van der Waals surface area contributed by atoms with Crippen molar-refractivity contribution in [3.8, 4) is 0 Å². The van der Waals surface area contributed by atoms with E-state index < -0.39 is 48.3 Å². The van der Waals surface area contributed by atoms with Gasteiger partial charge in [0.25, 0.3) is 0 Å². The summed E-state index contributed by atoms with van der Waals surface area (Å²) in [4.78, 5) is 75.6. The first-order valence-electron chi connectivity index (χ1n) is 22.1. The normalized spacial score (nSPS) is 17.5. The van der Waals surface area contributed by atoms with Crippen molar-refractivity contribution in [1.29, 1.82) is 0 Å². The van der Waals surface area contributed by atoms with Gasteiger partial charge in [-0.3, -0.25) is 28.9 Å².